The van der Waals surface area contributed by atoms with E-state index in [1.807, 2.05) is 0 Å². The van der Waals surface area contributed by atoms with Gasteiger partial charge >= 0.3 is 0 Å². The molecule has 0 saturated carbocycles. The summed E-state index contributed by atoms with van der Waals surface area (Å²) in [5.41, 5.74) is 8.93. The van der Waals surface area contributed by atoms with E-state index in [2.05, 4.69) is 52.0 Å². The third-order valence-electron chi connectivity index (χ3n) is 3.90. The molecule has 0 fully saturated rings. The van der Waals surface area contributed by atoms with E-state index in [9.17, 15) is 0 Å². The summed E-state index contributed by atoms with van der Waals surface area (Å²) in [4.78, 5) is 0. The third-order valence-corrected chi connectivity index (χ3v) is 3.90. The van der Waals surface area contributed by atoms with Crippen LogP contribution in [0.25, 0.3) is 0 Å². The minimum absolute atomic E-state index is 0.216. The Morgan fingerprint density at radius 3 is 2.00 bits per heavy atom. The van der Waals surface area contributed by atoms with Crippen molar-refractivity contribution in [1.82, 2.24) is 0 Å². The lowest BCUT2D eigenvalue weighted by molar-refractivity contribution is 0.227. The number of benzene rings is 1. The molecule has 0 bridgehead atoms. The zero-order chi connectivity index (χ0) is 12.2. The molecule has 0 aliphatic carbocycles. The van der Waals surface area contributed by atoms with Gasteiger partial charge in [-0.15, -0.1) is 0 Å². The monoisotopic (exact) mass is 219 g/mol. The molecule has 0 amide bonds. The molecule has 1 aromatic rings. The van der Waals surface area contributed by atoms with Crippen LogP contribution in [0.1, 0.15) is 38.8 Å². The van der Waals surface area contributed by atoms with E-state index in [0.29, 0.717) is 5.92 Å². The number of nitrogens with two attached hydrogens (primary N) is 1. The van der Waals surface area contributed by atoms with Crippen LogP contribution in [-0.4, -0.2) is 6.54 Å². The maximum atomic E-state index is 5.91. The van der Waals surface area contributed by atoms with Crippen molar-refractivity contribution < 1.29 is 0 Å². The third kappa shape index (κ3) is 3.08. The number of hydrogen-bond donors (Lipinski definition) is 1. The van der Waals surface area contributed by atoms with Gasteiger partial charge in [0.2, 0.25) is 0 Å². The lowest BCUT2D eigenvalue weighted by Gasteiger charge is -2.32. The summed E-state index contributed by atoms with van der Waals surface area (Å²) in [6.07, 6.45) is 2.18. The minimum Gasteiger partial charge on any atom is -0.330 e. The van der Waals surface area contributed by atoms with E-state index in [1.165, 1.54) is 11.1 Å². The van der Waals surface area contributed by atoms with Crippen LogP contribution in [0, 0.1) is 11.3 Å². The predicted molar refractivity (Wildman–Crippen MR) is 71.5 cm³/mol. The van der Waals surface area contributed by atoms with Crippen molar-refractivity contribution in [2.75, 3.05) is 6.54 Å². The second-order valence-electron chi connectivity index (χ2n) is 5.36. The molecule has 0 aliphatic rings. The Bertz CT molecular complexity index is 313. The molecule has 90 valence electrons. The summed E-state index contributed by atoms with van der Waals surface area (Å²) in [5, 5.41) is 0. The Morgan fingerprint density at radius 2 is 1.62 bits per heavy atom. The van der Waals surface area contributed by atoms with E-state index in [4.69, 9.17) is 5.73 Å². The number of rotatable bonds is 5. The quantitative estimate of drug-likeness (QED) is 0.807. The van der Waals surface area contributed by atoms with Gasteiger partial charge in [-0.2, -0.15) is 0 Å². The Kier molecular flexibility index (Phi) is 4.55. The zero-order valence-corrected chi connectivity index (χ0v) is 11.1. The molecule has 0 saturated heterocycles. The van der Waals surface area contributed by atoms with Crippen LogP contribution >= 0.6 is 0 Å². The summed E-state index contributed by atoms with van der Waals surface area (Å²) >= 11 is 0. The molecule has 0 radical (unpaired) electrons. The van der Waals surface area contributed by atoms with E-state index < -0.39 is 0 Å². The van der Waals surface area contributed by atoms with Crippen LogP contribution < -0.4 is 5.73 Å². The number of hydrogen-bond acceptors (Lipinski definition) is 1. The lowest BCUT2D eigenvalue weighted by Crippen LogP contribution is -2.34. The van der Waals surface area contributed by atoms with Crippen molar-refractivity contribution >= 4 is 0 Å². The Labute approximate surface area is 100 Å². The second kappa shape index (κ2) is 5.49. The van der Waals surface area contributed by atoms with Gasteiger partial charge in [-0.25, -0.2) is 0 Å². The Balaban J connectivity index is 2.78. The average Bonchev–Trinajstić information content (AvgIpc) is 2.29. The van der Waals surface area contributed by atoms with E-state index >= 15 is 0 Å². The van der Waals surface area contributed by atoms with E-state index in [-0.39, 0.29) is 5.41 Å². The maximum Gasteiger partial charge on any atom is -0.00175 e. The van der Waals surface area contributed by atoms with Gasteiger partial charge in [0.1, 0.15) is 0 Å². The van der Waals surface area contributed by atoms with Crippen molar-refractivity contribution in [1.29, 1.82) is 0 Å². The Hall–Kier alpha value is -0.820. The van der Waals surface area contributed by atoms with Crippen LogP contribution in [0.5, 0.6) is 0 Å². The molecule has 1 rings (SSSR count). The fraction of sp³-hybridized carbons (Fsp3) is 0.600. The van der Waals surface area contributed by atoms with Crippen LogP contribution in [0.4, 0.5) is 0 Å². The highest BCUT2D eigenvalue weighted by atomic mass is 14.6. The fourth-order valence-corrected chi connectivity index (χ4v) is 1.87. The molecule has 2 N–H and O–H groups in total. The molecule has 0 aliphatic heterocycles. The van der Waals surface area contributed by atoms with Gasteiger partial charge < -0.3 is 5.73 Å². The van der Waals surface area contributed by atoms with Gasteiger partial charge in [0.05, 0.1) is 0 Å². The first kappa shape index (κ1) is 13.2. The molecular weight excluding hydrogens is 194 g/mol. The number of aryl methyl sites for hydroxylation is 1. The summed E-state index contributed by atoms with van der Waals surface area (Å²) < 4.78 is 0. The SMILES string of the molecule is CCc1ccc(CC(C)(CN)C(C)C)cc1. The average molecular weight is 219 g/mol. The second-order valence-corrected chi connectivity index (χ2v) is 5.36. The predicted octanol–water partition coefficient (Wildman–Crippen LogP) is 3.41. The first-order valence-corrected chi connectivity index (χ1v) is 6.29. The van der Waals surface area contributed by atoms with Gasteiger partial charge in [-0.05, 0) is 41.8 Å². The standard InChI is InChI=1S/C15H25N/c1-5-13-6-8-14(9-7-13)10-15(4,11-16)12(2)3/h6-9,12H,5,10-11,16H2,1-4H3. The van der Waals surface area contributed by atoms with Crippen LogP contribution in [0.3, 0.4) is 0 Å². The van der Waals surface area contributed by atoms with Gasteiger partial charge in [-0.1, -0.05) is 52.0 Å². The van der Waals surface area contributed by atoms with Crippen molar-refractivity contribution in [3.05, 3.63) is 35.4 Å². The molecule has 16 heavy (non-hydrogen) atoms. The maximum absolute atomic E-state index is 5.91. The van der Waals surface area contributed by atoms with Gasteiger partial charge in [0.25, 0.3) is 0 Å². The normalized spacial score (nSPS) is 15.1. The van der Waals surface area contributed by atoms with Gasteiger partial charge in [-0.3, -0.25) is 0 Å². The summed E-state index contributed by atoms with van der Waals surface area (Å²) in [5.74, 6) is 0.614. The molecule has 1 unspecified atom stereocenters. The topological polar surface area (TPSA) is 26.0 Å². The lowest BCUT2D eigenvalue weighted by atomic mass is 9.74. The highest BCUT2D eigenvalue weighted by molar-refractivity contribution is 5.23. The first-order valence-electron chi connectivity index (χ1n) is 6.29. The molecule has 1 nitrogen and oxygen atoms in total. The van der Waals surface area contributed by atoms with E-state index in [0.717, 1.165) is 19.4 Å². The largest absolute Gasteiger partial charge is 0.330 e. The molecular formula is C15H25N. The van der Waals surface area contributed by atoms with Crippen molar-refractivity contribution in [2.24, 2.45) is 17.1 Å². The highest BCUT2D eigenvalue weighted by Crippen LogP contribution is 2.30. The van der Waals surface area contributed by atoms with Crippen molar-refractivity contribution in [3.8, 4) is 0 Å². The molecule has 1 aromatic carbocycles. The molecule has 1 heteroatoms. The fourth-order valence-electron chi connectivity index (χ4n) is 1.87. The summed E-state index contributed by atoms with van der Waals surface area (Å²) in [6, 6.07) is 8.95. The van der Waals surface area contributed by atoms with Gasteiger partial charge in [0.15, 0.2) is 0 Å². The van der Waals surface area contributed by atoms with Crippen molar-refractivity contribution in [3.63, 3.8) is 0 Å². The first-order chi connectivity index (χ1) is 7.51. The smallest absolute Gasteiger partial charge is 0.00175 e. The van der Waals surface area contributed by atoms with Crippen molar-refractivity contribution in [2.45, 2.75) is 40.5 Å². The van der Waals surface area contributed by atoms with E-state index in [1.54, 1.807) is 0 Å². The molecule has 0 spiro atoms. The minimum atomic E-state index is 0.216. The molecule has 0 heterocycles. The molecule has 0 aromatic heterocycles. The molecule has 1 atom stereocenters. The Morgan fingerprint density at radius 1 is 1.12 bits per heavy atom. The van der Waals surface area contributed by atoms with Gasteiger partial charge in [0, 0.05) is 0 Å². The van der Waals surface area contributed by atoms with Crippen LogP contribution in [-0.2, 0) is 12.8 Å². The summed E-state index contributed by atoms with van der Waals surface area (Å²) in [6.45, 7) is 9.74. The summed E-state index contributed by atoms with van der Waals surface area (Å²) in [7, 11) is 0. The zero-order valence-electron chi connectivity index (χ0n) is 11.1. The highest BCUT2D eigenvalue weighted by Gasteiger charge is 2.26. The van der Waals surface area contributed by atoms with Crippen LogP contribution in [0.2, 0.25) is 0 Å². The van der Waals surface area contributed by atoms with Crippen LogP contribution in [0.15, 0.2) is 24.3 Å².